The second-order valence-electron chi connectivity index (χ2n) is 3.58. The van der Waals surface area contributed by atoms with Crippen LogP contribution in [0.4, 0.5) is 0 Å². The third-order valence-corrected chi connectivity index (χ3v) is 2.39. The van der Waals surface area contributed by atoms with Gasteiger partial charge in [-0.1, -0.05) is 25.2 Å². The molecular weight excluding hydrogens is 172 g/mol. The average Bonchev–Trinajstić information content (AvgIpc) is 2.42. The van der Waals surface area contributed by atoms with Crippen molar-refractivity contribution in [1.82, 2.24) is 4.90 Å². The lowest BCUT2D eigenvalue weighted by Crippen LogP contribution is -2.20. The van der Waals surface area contributed by atoms with E-state index in [1.807, 2.05) is 0 Å². The minimum absolute atomic E-state index is 0.615. The number of nitrogens with two attached hydrogens (primary N) is 1. The second kappa shape index (κ2) is 5.66. The van der Waals surface area contributed by atoms with Crippen molar-refractivity contribution in [1.29, 1.82) is 0 Å². The van der Waals surface area contributed by atoms with Crippen LogP contribution in [0.2, 0.25) is 0 Å². The summed E-state index contributed by atoms with van der Waals surface area (Å²) in [5, 5.41) is 0. The van der Waals surface area contributed by atoms with E-state index >= 15 is 0 Å². The summed E-state index contributed by atoms with van der Waals surface area (Å²) >= 11 is 0. The van der Waals surface area contributed by atoms with E-state index in [1.54, 1.807) is 0 Å². The molecule has 0 aromatic rings. The van der Waals surface area contributed by atoms with Crippen LogP contribution >= 0.6 is 0 Å². The Morgan fingerprint density at radius 3 is 2.71 bits per heavy atom. The van der Waals surface area contributed by atoms with Crippen molar-refractivity contribution >= 4 is 0 Å². The highest BCUT2D eigenvalue weighted by atomic mass is 15.1. The van der Waals surface area contributed by atoms with Gasteiger partial charge in [-0.25, -0.2) is 0 Å². The summed E-state index contributed by atoms with van der Waals surface area (Å²) in [5.74, 6) is 0. The molecule has 1 aliphatic carbocycles. The van der Waals surface area contributed by atoms with Crippen LogP contribution in [0.25, 0.3) is 0 Å². The molecule has 0 aromatic carbocycles. The van der Waals surface area contributed by atoms with Crippen molar-refractivity contribution in [3.8, 4) is 0 Å². The SMILES string of the molecule is CCCN(C)C1=C(CN)C=CCC=C1. The Balaban J connectivity index is 2.87. The van der Waals surface area contributed by atoms with Gasteiger partial charge >= 0.3 is 0 Å². The maximum atomic E-state index is 5.73. The molecule has 2 heteroatoms. The molecule has 2 nitrogen and oxygen atoms in total. The van der Waals surface area contributed by atoms with E-state index in [2.05, 4.69) is 43.2 Å². The Labute approximate surface area is 86.8 Å². The first kappa shape index (κ1) is 11.1. The molecule has 1 rings (SSSR count). The van der Waals surface area contributed by atoms with E-state index in [0.717, 1.165) is 19.4 Å². The van der Waals surface area contributed by atoms with Crippen LogP contribution in [0.3, 0.4) is 0 Å². The predicted molar refractivity (Wildman–Crippen MR) is 61.9 cm³/mol. The maximum absolute atomic E-state index is 5.73. The summed E-state index contributed by atoms with van der Waals surface area (Å²) in [6.07, 6.45) is 10.8. The highest BCUT2D eigenvalue weighted by Crippen LogP contribution is 2.15. The molecule has 1 aliphatic rings. The van der Waals surface area contributed by atoms with Crippen molar-refractivity contribution in [3.05, 3.63) is 35.6 Å². The van der Waals surface area contributed by atoms with Crippen molar-refractivity contribution in [2.24, 2.45) is 5.73 Å². The Kier molecular flexibility index (Phi) is 4.47. The monoisotopic (exact) mass is 192 g/mol. The van der Waals surface area contributed by atoms with Crippen LogP contribution in [0.15, 0.2) is 35.6 Å². The van der Waals surface area contributed by atoms with Crippen molar-refractivity contribution in [2.75, 3.05) is 20.1 Å². The van der Waals surface area contributed by atoms with Crippen LogP contribution in [-0.4, -0.2) is 25.0 Å². The molecule has 14 heavy (non-hydrogen) atoms. The fraction of sp³-hybridized carbons (Fsp3) is 0.500. The molecule has 0 saturated heterocycles. The fourth-order valence-electron chi connectivity index (χ4n) is 1.66. The number of likely N-dealkylation sites (N-methyl/N-ethyl adjacent to an activating group) is 1. The summed E-state index contributed by atoms with van der Waals surface area (Å²) in [7, 11) is 2.12. The molecule has 0 fully saturated rings. The number of nitrogens with zero attached hydrogens (tertiary/aromatic N) is 1. The quantitative estimate of drug-likeness (QED) is 0.738. The van der Waals surface area contributed by atoms with Gasteiger partial charge in [0.05, 0.1) is 0 Å². The zero-order chi connectivity index (χ0) is 10.4. The van der Waals surface area contributed by atoms with Gasteiger partial charge in [0.2, 0.25) is 0 Å². The van der Waals surface area contributed by atoms with Gasteiger partial charge in [0.15, 0.2) is 0 Å². The highest BCUT2D eigenvalue weighted by Gasteiger charge is 2.06. The van der Waals surface area contributed by atoms with Gasteiger partial charge < -0.3 is 10.6 Å². The minimum Gasteiger partial charge on any atom is -0.374 e. The number of allylic oxidation sites excluding steroid dienone is 3. The minimum atomic E-state index is 0.615. The van der Waals surface area contributed by atoms with Crippen LogP contribution in [0.1, 0.15) is 19.8 Å². The third-order valence-electron chi connectivity index (χ3n) is 2.39. The fourth-order valence-corrected chi connectivity index (χ4v) is 1.66. The first-order valence-corrected chi connectivity index (χ1v) is 5.27. The Morgan fingerprint density at radius 2 is 2.07 bits per heavy atom. The van der Waals surface area contributed by atoms with Crippen LogP contribution in [0.5, 0.6) is 0 Å². The van der Waals surface area contributed by atoms with E-state index in [0.29, 0.717) is 6.54 Å². The summed E-state index contributed by atoms with van der Waals surface area (Å²) in [6.45, 7) is 3.89. The number of hydrogen-bond donors (Lipinski definition) is 1. The molecule has 0 aliphatic heterocycles. The van der Waals surface area contributed by atoms with Crippen LogP contribution in [-0.2, 0) is 0 Å². The molecule has 0 bridgehead atoms. The molecule has 0 radical (unpaired) electrons. The van der Waals surface area contributed by atoms with E-state index in [4.69, 9.17) is 5.73 Å². The molecule has 0 amide bonds. The number of hydrogen-bond acceptors (Lipinski definition) is 2. The van der Waals surface area contributed by atoms with E-state index in [1.165, 1.54) is 11.3 Å². The highest BCUT2D eigenvalue weighted by molar-refractivity contribution is 5.35. The van der Waals surface area contributed by atoms with Gasteiger partial charge in [0.25, 0.3) is 0 Å². The number of rotatable bonds is 4. The lowest BCUT2D eigenvalue weighted by atomic mass is 10.2. The second-order valence-corrected chi connectivity index (χ2v) is 3.58. The molecule has 0 heterocycles. The molecule has 2 N–H and O–H groups in total. The molecule has 0 unspecified atom stereocenters. The summed E-state index contributed by atoms with van der Waals surface area (Å²) in [5.41, 5.74) is 8.23. The van der Waals surface area contributed by atoms with Gasteiger partial charge in [-0.3, -0.25) is 0 Å². The zero-order valence-corrected chi connectivity index (χ0v) is 9.16. The van der Waals surface area contributed by atoms with Crippen LogP contribution < -0.4 is 5.73 Å². The third kappa shape index (κ3) is 2.74. The Morgan fingerprint density at radius 1 is 1.36 bits per heavy atom. The summed E-state index contributed by atoms with van der Waals surface area (Å²) < 4.78 is 0. The summed E-state index contributed by atoms with van der Waals surface area (Å²) in [6, 6.07) is 0. The molecule has 0 aromatic heterocycles. The normalized spacial score (nSPS) is 15.9. The topological polar surface area (TPSA) is 29.3 Å². The van der Waals surface area contributed by atoms with E-state index in [-0.39, 0.29) is 0 Å². The van der Waals surface area contributed by atoms with E-state index in [9.17, 15) is 0 Å². The van der Waals surface area contributed by atoms with Gasteiger partial charge in [-0.15, -0.1) is 0 Å². The van der Waals surface area contributed by atoms with Gasteiger partial charge in [-0.05, 0) is 24.5 Å². The molecule has 0 saturated carbocycles. The Bertz CT molecular complexity index is 261. The van der Waals surface area contributed by atoms with Crippen LogP contribution in [0, 0.1) is 0 Å². The summed E-state index contributed by atoms with van der Waals surface area (Å²) in [4.78, 5) is 2.27. The average molecular weight is 192 g/mol. The van der Waals surface area contributed by atoms with Gasteiger partial charge in [0.1, 0.15) is 0 Å². The smallest absolute Gasteiger partial charge is 0.0405 e. The lowest BCUT2D eigenvalue weighted by molar-refractivity contribution is 0.426. The first-order valence-electron chi connectivity index (χ1n) is 5.27. The standard InChI is InChI=1S/C12H20N2/c1-3-9-14(2)12-8-6-4-5-7-11(12)10-13/h5-8H,3-4,9-10,13H2,1-2H3. The zero-order valence-electron chi connectivity index (χ0n) is 9.16. The molecule has 78 valence electrons. The van der Waals surface area contributed by atoms with Gasteiger partial charge in [-0.2, -0.15) is 0 Å². The molecule has 0 spiro atoms. The maximum Gasteiger partial charge on any atom is 0.0405 e. The van der Waals surface area contributed by atoms with E-state index < -0.39 is 0 Å². The Hall–Kier alpha value is -1.02. The lowest BCUT2D eigenvalue weighted by Gasteiger charge is -2.21. The molecular formula is C12H20N2. The van der Waals surface area contributed by atoms with Crippen molar-refractivity contribution in [3.63, 3.8) is 0 Å². The molecule has 0 atom stereocenters. The van der Waals surface area contributed by atoms with Crippen molar-refractivity contribution < 1.29 is 0 Å². The first-order chi connectivity index (χ1) is 6.79. The largest absolute Gasteiger partial charge is 0.374 e. The predicted octanol–water partition coefficient (Wildman–Crippen LogP) is 2.06. The van der Waals surface area contributed by atoms with Crippen molar-refractivity contribution in [2.45, 2.75) is 19.8 Å². The van der Waals surface area contributed by atoms with Gasteiger partial charge in [0, 0.05) is 25.8 Å².